The first-order valence-corrected chi connectivity index (χ1v) is 6.31. The molecular formula is C13H21N5O. The highest BCUT2D eigenvalue weighted by atomic mass is 16.5. The molecule has 104 valence electrons. The van der Waals surface area contributed by atoms with Crippen molar-refractivity contribution in [1.29, 1.82) is 5.41 Å². The summed E-state index contributed by atoms with van der Waals surface area (Å²) in [4.78, 5) is 2.09. The van der Waals surface area contributed by atoms with Crippen LogP contribution < -0.4 is 10.6 Å². The van der Waals surface area contributed by atoms with Crippen molar-refractivity contribution in [3.05, 3.63) is 17.8 Å². The highest BCUT2D eigenvalue weighted by molar-refractivity contribution is 5.99. The van der Waals surface area contributed by atoms with Crippen LogP contribution in [-0.2, 0) is 4.74 Å². The fraction of sp³-hybridized carbons (Fsp3) is 0.615. The third-order valence-electron chi connectivity index (χ3n) is 2.99. The summed E-state index contributed by atoms with van der Waals surface area (Å²) in [6.45, 7) is 9.57. The Morgan fingerprint density at radius 2 is 1.89 bits per heavy atom. The Balaban J connectivity index is 2.39. The number of rotatable bonds is 2. The second-order valence-corrected chi connectivity index (χ2v) is 6.16. The molecule has 1 fully saturated rings. The van der Waals surface area contributed by atoms with Crippen LogP contribution in [0.15, 0.2) is 12.3 Å². The normalized spacial score (nSPS) is 21.2. The predicted molar refractivity (Wildman–Crippen MR) is 74.5 cm³/mol. The lowest BCUT2D eigenvalue weighted by Gasteiger charge is -2.47. The van der Waals surface area contributed by atoms with Gasteiger partial charge in [-0.25, -0.2) is 0 Å². The molecule has 3 N–H and O–H groups in total. The van der Waals surface area contributed by atoms with Gasteiger partial charge in [0.2, 0.25) is 0 Å². The molecule has 6 nitrogen and oxygen atoms in total. The fourth-order valence-corrected chi connectivity index (χ4v) is 2.71. The molecule has 1 aliphatic rings. The van der Waals surface area contributed by atoms with Crippen LogP contribution in [0.1, 0.15) is 33.3 Å². The number of amidine groups is 1. The van der Waals surface area contributed by atoms with Crippen molar-refractivity contribution in [2.24, 2.45) is 5.73 Å². The van der Waals surface area contributed by atoms with Gasteiger partial charge >= 0.3 is 0 Å². The summed E-state index contributed by atoms with van der Waals surface area (Å²) >= 11 is 0. The van der Waals surface area contributed by atoms with Gasteiger partial charge in [-0.05, 0) is 33.8 Å². The Labute approximate surface area is 113 Å². The molecule has 0 bridgehead atoms. The number of hydrogen-bond acceptors (Lipinski definition) is 5. The maximum absolute atomic E-state index is 7.64. The van der Waals surface area contributed by atoms with Gasteiger partial charge in [0.05, 0.1) is 23.0 Å². The van der Waals surface area contributed by atoms with Gasteiger partial charge in [0, 0.05) is 13.1 Å². The molecule has 1 aromatic heterocycles. The molecule has 19 heavy (non-hydrogen) atoms. The van der Waals surface area contributed by atoms with Crippen molar-refractivity contribution in [3.63, 3.8) is 0 Å². The van der Waals surface area contributed by atoms with Crippen molar-refractivity contribution in [1.82, 2.24) is 10.2 Å². The van der Waals surface area contributed by atoms with E-state index < -0.39 is 0 Å². The lowest BCUT2D eigenvalue weighted by Crippen LogP contribution is -2.57. The van der Waals surface area contributed by atoms with E-state index in [4.69, 9.17) is 15.9 Å². The average Bonchev–Trinajstić information content (AvgIpc) is 2.24. The van der Waals surface area contributed by atoms with Gasteiger partial charge in [0.1, 0.15) is 5.84 Å². The third-order valence-corrected chi connectivity index (χ3v) is 2.99. The zero-order valence-electron chi connectivity index (χ0n) is 11.9. The van der Waals surface area contributed by atoms with Crippen LogP contribution in [0, 0.1) is 5.41 Å². The van der Waals surface area contributed by atoms with Crippen molar-refractivity contribution in [2.45, 2.75) is 38.9 Å². The van der Waals surface area contributed by atoms with E-state index in [0.29, 0.717) is 24.5 Å². The van der Waals surface area contributed by atoms with Gasteiger partial charge in [0.15, 0.2) is 5.82 Å². The van der Waals surface area contributed by atoms with E-state index in [0.717, 1.165) is 0 Å². The first-order chi connectivity index (χ1) is 8.70. The summed E-state index contributed by atoms with van der Waals surface area (Å²) in [6, 6.07) is 1.72. The van der Waals surface area contributed by atoms with Crippen LogP contribution in [0.5, 0.6) is 0 Å². The molecule has 2 rings (SSSR count). The number of nitrogens with two attached hydrogens (primary N) is 1. The lowest BCUT2D eigenvalue weighted by atomic mass is 9.98. The highest BCUT2D eigenvalue weighted by Crippen LogP contribution is 2.31. The maximum atomic E-state index is 7.64. The Morgan fingerprint density at radius 1 is 1.32 bits per heavy atom. The predicted octanol–water partition coefficient (Wildman–Crippen LogP) is 1.15. The summed E-state index contributed by atoms with van der Waals surface area (Å²) in [5.41, 5.74) is 5.66. The molecule has 1 saturated heterocycles. The first-order valence-electron chi connectivity index (χ1n) is 6.31. The topological polar surface area (TPSA) is 88.1 Å². The van der Waals surface area contributed by atoms with Gasteiger partial charge in [-0.1, -0.05) is 0 Å². The van der Waals surface area contributed by atoms with Crippen molar-refractivity contribution in [2.75, 3.05) is 18.0 Å². The number of anilines is 1. The quantitative estimate of drug-likeness (QED) is 0.617. The Kier molecular flexibility index (Phi) is 3.22. The highest BCUT2D eigenvalue weighted by Gasteiger charge is 2.39. The molecule has 0 spiro atoms. The van der Waals surface area contributed by atoms with E-state index >= 15 is 0 Å². The number of hydrogen-bond donors (Lipinski definition) is 2. The van der Waals surface area contributed by atoms with Crippen LogP contribution in [0.4, 0.5) is 5.82 Å². The molecule has 0 unspecified atom stereocenters. The monoisotopic (exact) mass is 263 g/mol. The molecule has 0 aliphatic carbocycles. The van der Waals surface area contributed by atoms with Gasteiger partial charge < -0.3 is 15.4 Å². The number of ether oxygens (including phenoxy) is 1. The SMILES string of the molecule is CC1(C)CN(c2nnccc2C(=N)N)CC(C)(C)O1. The van der Waals surface area contributed by atoms with E-state index in [9.17, 15) is 0 Å². The van der Waals surface area contributed by atoms with Crippen molar-refractivity contribution in [3.8, 4) is 0 Å². The zero-order chi connectivity index (χ0) is 14.3. The molecule has 0 radical (unpaired) electrons. The molecule has 0 atom stereocenters. The van der Waals surface area contributed by atoms with Crippen LogP contribution in [0.3, 0.4) is 0 Å². The standard InChI is InChI=1S/C13H21N5O/c1-12(2)7-18(8-13(3,4)19-12)11-9(10(14)15)5-6-16-17-11/h5-6H,7-8H2,1-4H3,(H3,14,15). The second kappa shape index (κ2) is 4.45. The minimum Gasteiger partial charge on any atom is -0.384 e. The van der Waals surface area contributed by atoms with Crippen LogP contribution in [0.25, 0.3) is 0 Å². The third kappa shape index (κ3) is 3.01. The van der Waals surface area contributed by atoms with E-state index in [-0.39, 0.29) is 17.0 Å². The van der Waals surface area contributed by atoms with Crippen molar-refractivity contribution < 1.29 is 4.74 Å². The van der Waals surface area contributed by atoms with Crippen LogP contribution >= 0.6 is 0 Å². The summed E-state index contributed by atoms with van der Waals surface area (Å²) in [5.74, 6) is 0.659. The van der Waals surface area contributed by atoms with Crippen LogP contribution in [0.2, 0.25) is 0 Å². The van der Waals surface area contributed by atoms with Gasteiger partial charge in [-0.3, -0.25) is 5.41 Å². The first kappa shape index (κ1) is 13.7. The zero-order valence-corrected chi connectivity index (χ0v) is 11.9. The van der Waals surface area contributed by atoms with E-state index in [2.05, 4.69) is 15.1 Å². The molecule has 1 aromatic rings. The van der Waals surface area contributed by atoms with Gasteiger partial charge in [-0.15, -0.1) is 5.10 Å². The molecule has 0 saturated carbocycles. The molecule has 6 heteroatoms. The number of morpholine rings is 1. The summed E-state index contributed by atoms with van der Waals surface area (Å²) in [6.07, 6.45) is 1.55. The lowest BCUT2D eigenvalue weighted by molar-refractivity contribution is -0.133. The average molecular weight is 263 g/mol. The van der Waals surface area contributed by atoms with E-state index in [1.165, 1.54) is 0 Å². The molecule has 0 aromatic carbocycles. The number of aromatic nitrogens is 2. The number of nitrogens with one attached hydrogen (secondary N) is 1. The molecule has 0 amide bonds. The van der Waals surface area contributed by atoms with Gasteiger partial charge in [-0.2, -0.15) is 5.10 Å². The number of nitrogen functional groups attached to an aromatic ring is 1. The summed E-state index contributed by atoms with van der Waals surface area (Å²) in [5, 5.41) is 15.7. The molecule has 2 heterocycles. The minimum atomic E-state index is -0.284. The fourth-order valence-electron chi connectivity index (χ4n) is 2.71. The Bertz CT molecular complexity index is 482. The van der Waals surface area contributed by atoms with E-state index in [1.807, 2.05) is 27.7 Å². The summed E-state index contributed by atoms with van der Waals surface area (Å²) < 4.78 is 6.04. The van der Waals surface area contributed by atoms with Gasteiger partial charge in [0.25, 0.3) is 0 Å². The maximum Gasteiger partial charge on any atom is 0.162 e. The van der Waals surface area contributed by atoms with E-state index in [1.54, 1.807) is 12.3 Å². The Hall–Kier alpha value is -1.69. The molecule has 1 aliphatic heterocycles. The minimum absolute atomic E-state index is 0.00649. The second-order valence-electron chi connectivity index (χ2n) is 6.16. The Morgan fingerprint density at radius 3 is 2.42 bits per heavy atom. The number of nitrogens with zero attached hydrogens (tertiary/aromatic N) is 3. The van der Waals surface area contributed by atoms with Crippen LogP contribution in [-0.4, -0.2) is 40.3 Å². The summed E-state index contributed by atoms with van der Waals surface area (Å²) in [7, 11) is 0. The largest absolute Gasteiger partial charge is 0.384 e. The smallest absolute Gasteiger partial charge is 0.162 e. The van der Waals surface area contributed by atoms with Crippen molar-refractivity contribution >= 4 is 11.7 Å². The molecular weight excluding hydrogens is 242 g/mol.